The van der Waals surface area contributed by atoms with Crippen LogP contribution in [0.25, 0.3) is 0 Å². The molecule has 0 spiro atoms. The fourth-order valence-corrected chi connectivity index (χ4v) is 1.41. The number of hydrogen-bond donors (Lipinski definition) is 1. The van der Waals surface area contributed by atoms with Gasteiger partial charge in [-0.2, -0.15) is 0 Å². The molecule has 0 amide bonds. The van der Waals surface area contributed by atoms with Crippen LogP contribution in [0.1, 0.15) is 30.2 Å². The van der Waals surface area contributed by atoms with Gasteiger partial charge in [-0.15, -0.1) is 0 Å². The lowest BCUT2D eigenvalue weighted by atomic mass is 10.1. The summed E-state index contributed by atoms with van der Waals surface area (Å²) in [6.07, 6.45) is -2.19. The van der Waals surface area contributed by atoms with E-state index in [0.717, 1.165) is 6.20 Å². The van der Waals surface area contributed by atoms with Crippen molar-refractivity contribution in [1.82, 2.24) is 4.98 Å². The van der Waals surface area contributed by atoms with Gasteiger partial charge in [-0.25, -0.2) is 8.78 Å². The Morgan fingerprint density at radius 1 is 1.53 bits per heavy atom. The fourth-order valence-electron chi connectivity index (χ4n) is 1.41. The van der Waals surface area contributed by atoms with Gasteiger partial charge in [-0.05, 0) is 13.8 Å². The number of aryl methyl sites for hydroxylation is 1. The number of aromatic nitrogens is 1. The normalized spacial score (nSPS) is 10.6. The number of halogens is 2. The summed E-state index contributed by atoms with van der Waals surface area (Å²) in [4.78, 5) is 25.4. The van der Waals surface area contributed by atoms with Crippen molar-refractivity contribution < 1.29 is 18.3 Å². The SMILES string of the molecule is CCOC(=O)Cc1c(C)[nH]cc(C(F)F)c1=O. The van der Waals surface area contributed by atoms with Gasteiger partial charge in [0.1, 0.15) is 0 Å². The van der Waals surface area contributed by atoms with Gasteiger partial charge < -0.3 is 9.72 Å². The molecular formula is C11H13F2NO3. The Morgan fingerprint density at radius 2 is 2.18 bits per heavy atom. The second kappa shape index (κ2) is 5.56. The zero-order valence-corrected chi connectivity index (χ0v) is 9.55. The van der Waals surface area contributed by atoms with E-state index in [0.29, 0.717) is 5.69 Å². The molecule has 1 aromatic rings. The van der Waals surface area contributed by atoms with E-state index in [1.54, 1.807) is 13.8 Å². The molecule has 0 saturated carbocycles. The first kappa shape index (κ1) is 13.3. The van der Waals surface area contributed by atoms with Crippen LogP contribution in [0.5, 0.6) is 0 Å². The summed E-state index contributed by atoms with van der Waals surface area (Å²) in [6, 6.07) is 0. The number of H-pyrrole nitrogens is 1. The minimum Gasteiger partial charge on any atom is -0.466 e. The second-order valence-corrected chi connectivity index (χ2v) is 3.46. The van der Waals surface area contributed by atoms with Crippen molar-refractivity contribution in [3.63, 3.8) is 0 Å². The van der Waals surface area contributed by atoms with E-state index in [-0.39, 0.29) is 18.6 Å². The van der Waals surface area contributed by atoms with Crippen LogP contribution in [-0.4, -0.2) is 17.6 Å². The first-order valence-electron chi connectivity index (χ1n) is 5.12. The third-order valence-corrected chi connectivity index (χ3v) is 2.29. The van der Waals surface area contributed by atoms with Crippen LogP contribution >= 0.6 is 0 Å². The summed E-state index contributed by atoms with van der Waals surface area (Å²) in [6.45, 7) is 3.36. The topological polar surface area (TPSA) is 59.2 Å². The molecule has 1 rings (SSSR count). The van der Waals surface area contributed by atoms with E-state index in [1.807, 2.05) is 0 Å². The second-order valence-electron chi connectivity index (χ2n) is 3.46. The minimum absolute atomic E-state index is 0.0289. The highest BCUT2D eigenvalue weighted by Crippen LogP contribution is 2.15. The van der Waals surface area contributed by atoms with Gasteiger partial charge in [0.2, 0.25) is 0 Å². The lowest BCUT2D eigenvalue weighted by molar-refractivity contribution is -0.142. The van der Waals surface area contributed by atoms with Gasteiger partial charge in [0.05, 0.1) is 18.6 Å². The molecule has 0 radical (unpaired) electrons. The first-order valence-corrected chi connectivity index (χ1v) is 5.12. The number of hydrogen-bond acceptors (Lipinski definition) is 3. The molecule has 0 aliphatic carbocycles. The number of nitrogens with one attached hydrogen (secondary N) is 1. The number of pyridine rings is 1. The molecule has 0 aliphatic heterocycles. The van der Waals surface area contributed by atoms with Crippen LogP contribution in [0.2, 0.25) is 0 Å². The molecular weight excluding hydrogens is 232 g/mol. The van der Waals surface area contributed by atoms with Gasteiger partial charge in [0.15, 0.2) is 5.43 Å². The Hall–Kier alpha value is -1.72. The number of carbonyl (C=O) groups excluding carboxylic acids is 1. The highest BCUT2D eigenvalue weighted by molar-refractivity contribution is 5.72. The zero-order chi connectivity index (χ0) is 13.0. The minimum atomic E-state index is -2.86. The van der Waals surface area contributed by atoms with Crippen LogP contribution in [0.15, 0.2) is 11.0 Å². The van der Waals surface area contributed by atoms with Crippen LogP contribution in [-0.2, 0) is 16.0 Å². The van der Waals surface area contributed by atoms with Crippen molar-refractivity contribution in [1.29, 1.82) is 0 Å². The lowest BCUT2D eigenvalue weighted by Gasteiger charge is -2.07. The maximum Gasteiger partial charge on any atom is 0.310 e. The van der Waals surface area contributed by atoms with Gasteiger partial charge >= 0.3 is 5.97 Å². The number of carbonyl (C=O) groups is 1. The molecule has 0 bridgehead atoms. The molecule has 1 heterocycles. The lowest BCUT2D eigenvalue weighted by Crippen LogP contribution is -2.21. The summed E-state index contributed by atoms with van der Waals surface area (Å²) >= 11 is 0. The van der Waals surface area contributed by atoms with E-state index in [1.165, 1.54) is 0 Å². The summed E-state index contributed by atoms with van der Waals surface area (Å²) in [7, 11) is 0. The average molecular weight is 245 g/mol. The van der Waals surface area contributed by atoms with Crippen LogP contribution < -0.4 is 5.43 Å². The van der Waals surface area contributed by atoms with Crippen molar-refractivity contribution in [3.8, 4) is 0 Å². The molecule has 0 saturated heterocycles. The Morgan fingerprint density at radius 3 is 2.71 bits per heavy atom. The largest absolute Gasteiger partial charge is 0.466 e. The molecule has 4 nitrogen and oxygen atoms in total. The molecule has 94 valence electrons. The fraction of sp³-hybridized carbons (Fsp3) is 0.455. The molecule has 0 aliphatic rings. The van der Waals surface area contributed by atoms with Crippen LogP contribution in [0.4, 0.5) is 8.78 Å². The summed E-state index contributed by atoms with van der Waals surface area (Å²) in [5.41, 5.74) is -1.01. The Kier molecular flexibility index (Phi) is 4.37. The number of ether oxygens (including phenoxy) is 1. The monoisotopic (exact) mass is 245 g/mol. The van der Waals surface area contributed by atoms with Gasteiger partial charge in [0.25, 0.3) is 6.43 Å². The molecule has 1 N–H and O–H groups in total. The third-order valence-electron chi connectivity index (χ3n) is 2.29. The Balaban J connectivity index is 3.10. The first-order chi connectivity index (χ1) is 7.97. The molecule has 0 aromatic carbocycles. The smallest absolute Gasteiger partial charge is 0.310 e. The number of aromatic amines is 1. The standard InChI is InChI=1S/C11H13F2NO3/c1-3-17-9(15)4-7-6(2)14-5-8(10(7)16)11(12)13/h5,11H,3-4H2,1-2H3,(H,14,16). The predicted octanol–water partition coefficient (Wildman–Crippen LogP) is 1.73. The van der Waals surface area contributed by atoms with Gasteiger partial charge in [-0.1, -0.05) is 0 Å². The average Bonchev–Trinajstić information content (AvgIpc) is 2.24. The molecule has 0 fully saturated rings. The maximum absolute atomic E-state index is 12.5. The number of alkyl halides is 2. The third kappa shape index (κ3) is 3.12. The summed E-state index contributed by atoms with van der Waals surface area (Å²) in [5.74, 6) is -0.604. The van der Waals surface area contributed by atoms with Crippen molar-refractivity contribution in [2.24, 2.45) is 0 Å². The molecule has 0 atom stereocenters. The highest BCUT2D eigenvalue weighted by atomic mass is 19.3. The summed E-state index contributed by atoms with van der Waals surface area (Å²) in [5, 5.41) is 0. The van der Waals surface area contributed by atoms with Crippen molar-refractivity contribution in [2.45, 2.75) is 26.7 Å². The van der Waals surface area contributed by atoms with Gasteiger partial charge in [-0.3, -0.25) is 9.59 Å². The summed E-state index contributed by atoms with van der Waals surface area (Å²) < 4.78 is 29.7. The van der Waals surface area contributed by atoms with E-state index in [4.69, 9.17) is 0 Å². The zero-order valence-electron chi connectivity index (χ0n) is 9.55. The van der Waals surface area contributed by atoms with Crippen LogP contribution in [0, 0.1) is 6.92 Å². The molecule has 1 aromatic heterocycles. The molecule has 0 unspecified atom stereocenters. The van der Waals surface area contributed by atoms with Gasteiger partial charge in [0, 0.05) is 17.5 Å². The van der Waals surface area contributed by atoms with E-state index >= 15 is 0 Å². The number of esters is 1. The van der Waals surface area contributed by atoms with Crippen molar-refractivity contribution in [2.75, 3.05) is 6.61 Å². The highest BCUT2D eigenvalue weighted by Gasteiger charge is 2.18. The Labute approximate surface area is 96.6 Å². The van der Waals surface area contributed by atoms with Crippen molar-refractivity contribution in [3.05, 3.63) is 33.2 Å². The van der Waals surface area contributed by atoms with Crippen LogP contribution in [0.3, 0.4) is 0 Å². The molecule has 6 heteroatoms. The number of rotatable bonds is 4. The van der Waals surface area contributed by atoms with E-state index < -0.39 is 23.4 Å². The Bertz CT molecular complexity index is 468. The van der Waals surface area contributed by atoms with E-state index in [2.05, 4.69) is 9.72 Å². The molecule has 17 heavy (non-hydrogen) atoms. The maximum atomic E-state index is 12.5. The van der Waals surface area contributed by atoms with E-state index in [9.17, 15) is 18.4 Å². The quantitative estimate of drug-likeness (QED) is 0.822. The predicted molar refractivity (Wildman–Crippen MR) is 57.1 cm³/mol. The van der Waals surface area contributed by atoms with Crippen molar-refractivity contribution >= 4 is 5.97 Å².